The van der Waals surface area contributed by atoms with E-state index >= 15 is 0 Å². The summed E-state index contributed by atoms with van der Waals surface area (Å²) < 4.78 is 3.20. The van der Waals surface area contributed by atoms with Crippen LogP contribution in [0, 0.1) is 0 Å². The molecule has 1 aromatic heterocycles. The third-order valence-electron chi connectivity index (χ3n) is 2.87. The second kappa shape index (κ2) is 6.40. The Hall–Kier alpha value is -0.350. The average molecular weight is 288 g/mol. The van der Waals surface area contributed by atoms with Gasteiger partial charge in [-0.05, 0) is 48.7 Å². The lowest BCUT2D eigenvalue weighted by Gasteiger charge is -2.12. The second-order valence-corrected chi connectivity index (χ2v) is 4.97. The van der Waals surface area contributed by atoms with E-state index in [1.54, 1.807) is 0 Å². The molecule has 16 heavy (non-hydrogen) atoms. The van der Waals surface area contributed by atoms with Gasteiger partial charge >= 0.3 is 0 Å². The summed E-state index contributed by atoms with van der Waals surface area (Å²) in [6, 6.07) is 0.567. The highest BCUT2D eigenvalue weighted by molar-refractivity contribution is 9.10. The number of nitrogens with zero attached hydrogens (tertiary/aromatic N) is 2. The number of aryl methyl sites for hydroxylation is 2. The third kappa shape index (κ3) is 3.32. The number of aromatic nitrogens is 2. The normalized spacial score (nSPS) is 13.1. The summed E-state index contributed by atoms with van der Waals surface area (Å²) >= 11 is 3.65. The summed E-state index contributed by atoms with van der Waals surface area (Å²) in [5.41, 5.74) is 2.47. The molecule has 0 bridgehead atoms. The van der Waals surface area contributed by atoms with E-state index in [4.69, 9.17) is 0 Å². The minimum atomic E-state index is 0.567. The molecule has 4 heteroatoms. The molecule has 0 fully saturated rings. The van der Waals surface area contributed by atoms with Crippen molar-refractivity contribution in [1.82, 2.24) is 15.1 Å². The number of hydrogen-bond donors (Lipinski definition) is 1. The SMILES string of the molecule is CCNC(C)CCc1c(Br)c(CC)nn1C. The topological polar surface area (TPSA) is 29.9 Å². The van der Waals surface area contributed by atoms with Crippen LogP contribution in [-0.2, 0) is 19.9 Å². The average Bonchev–Trinajstić information content (AvgIpc) is 2.52. The summed E-state index contributed by atoms with van der Waals surface area (Å²) in [7, 11) is 2.02. The van der Waals surface area contributed by atoms with E-state index in [2.05, 4.69) is 47.1 Å². The fourth-order valence-electron chi connectivity index (χ4n) is 1.90. The fraction of sp³-hybridized carbons (Fsp3) is 0.750. The van der Waals surface area contributed by atoms with Gasteiger partial charge in [0, 0.05) is 13.1 Å². The molecule has 0 saturated carbocycles. The molecule has 0 aromatic carbocycles. The minimum Gasteiger partial charge on any atom is -0.315 e. The Morgan fingerprint density at radius 2 is 2.12 bits per heavy atom. The van der Waals surface area contributed by atoms with E-state index in [9.17, 15) is 0 Å². The van der Waals surface area contributed by atoms with Crippen LogP contribution in [0.2, 0.25) is 0 Å². The van der Waals surface area contributed by atoms with E-state index in [-0.39, 0.29) is 0 Å². The highest BCUT2D eigenvalue weighted by Gasteiger charge is 2.12. The molecule has 0 radical (unpaired) electrons. The Morgan fingerprint density at radius 3 is 2.62 bits per heavy atom. The Kier molecular flexibility index (Phi) is 5.49. The molecule has 0 aliphatic heterocycles. The molecule has 1 atom stereocenters. The van der Waals surface area contributed by atoms with Gasteiger partial charge in [-0.15, -0.1) is 0 Å². The number of halogens is 1. The van der Waals surface area contributed by atoms with E-state index < -0.39 is 0 Å². The van der Waals surface area contributed by atoms with Gasteiger partial charge < -0.3 is 5.32 Å². The van der Waals surface area contributed by atoms with Crippen LogP contribution in [0.5, 0.6) is 0 Å². The van der Waals surface area contributed by atoms with Gasteiger partial charge in [-0.25, -0.2) is 0 Å². The van der Waals surface area contributed by atoms with Gasteiger partial charge in [-0.1, -0.05) is 13.8 Å². The van der Waals surface area contributed by atoms with Crippen molar-refractivity contribution in [2.45, 2.75) is 46.1 Å². The van der Waals surface area contributed by atoms with Crippen LogP contribution in [0.4, 0.5) is 0 Å². The predicted molar refractivity (Wildman–Crippen MR) is 71.7 cm³/mol. The fourth-order valence-corrected chi connectivity index (χ4v) is 2.71. The number of hydrogen-bond acceptors (Lipinski definition) is 2. The van der Waals surface area contributed by atoms with Crippen molar-refractivity contribution in [2.75, 3.05) is 6.54 Å². The molecule has 0 saturated heterocycles. The molecule has 3 nitrogen and oxygen atoms in total. The number of rotatable bonds is 6. The lowest BCUT2D eigenvalue weighted by Crippen LogP contribution is -2.26. The Bertz CT molecular complexity index is 333. The summed E-state index contributed by atoms with van der Waals surface area (Å²) in [4.78, 5) is 0. The van der Waals surface area contributed by atoms with E-state index in [1.807, 2.05) is 11.7 Å². The van der Waals surface area contributed by atoms with Crippen molar-refractivity contribution in [2.24, 2.45) is 7.05 Å². The highest BCUT2D eigenvalue weighted by Crippen LogP contribution is 2.22. The maximum atomic E-state index is 4.50. The van der Waals surface area contributed by atoms with Crippen molar-refractivity contribution in [1.29, 1.82) is 0 Å². The first kappa shape index (κ1) is 13.7. The number of nitrogens with one attached hydrogen (secondary N) is 1. The van der Waals surface area contributed by atoms with Crippen molar-refractivity contribution in [3.05, 3.63) is 15.9 Å². The molecular weight excluding hydrogens is 266 g/mol. The van der Waals surface area contributed by atoms with Crippen LogP contribution in [0.3, 0.4) is 0 Å². The molecule has 92 valence electrons. The zero-order valence-electron chi connectivity index (χ0n) is 10.7. The van der Waals surface area contributed by atoms with Crippen LogP contribution < -0.4 is 5.32 Å². The van der Waals surface area contributed by atoms with E-state index in [1.165, 1.54) is 10.2 Å². The van der Waals surface area contributed by atoms with Gasteiger partial charge in [0.2, 0.25) is 0 Å². The molecule has 0 aliphatic carbocycles. The quantitative estimate of drug-likeness (QED) is 0.872. The highest BCUT2D eigenvalue weighted by atomic mass is 79.9. The first-order valence-corrected chi connectivity index (χ1v) is 6.83. The van der Waals surface area contributed by atoms with Crippen LogP contribution in [0.25, 0.3) is 0 Å². The first-order valence-electron chi connectivity index (χ1n) is 6.03. The molecule has 1 heterocycles. The van der Waals surface area contributed by atoms with Gasteiger partial charge in [0.15, 0.2) is 0 Å². The van der Waals surface area contributed by atoms with Gasteiger partial charge in [0.25, 0.3) is 0 Å². The van der Waals surface area contributed by atoms with Crippen LogP contribution >= 0.6 is 15.9 Å². The van der Waals surface area contributed by atoms with Crippen LogP contribution in [-0.4, -0.2) is 22.4 Å². The maximum absolute atomic E-state index is 4.50. The minimum absolute atomic E-state index is 0.567. The van der Waals surface area contributed by atoms with E-state index in [0.29, 0.717) is 6.04 Å². The van der Waals surface area contributed by atoms with Crippen molar-refractivity contribution in [3.63, 3.8) is 0 Å². The van der Waals surface area contributed by atoms with Gasteiger partial charge in [0.1, 0.15) is 0 Å². The van der Waals surface area contributed by atoms with Crippen LogP contribution in [0.1, 0.15) is 38.6 Å². The summed E-state index contributed by atoms with van der Waals surface area (Å²) in [5, 5.41) is 7.93. The Balaban J connectivity index is 2.63. The molecular formula is C12H22BrN3. The second-order valence-electron chi connectivity index (χ2n) is 4.18. The summed E-state index contributed by atoms with van der Waals surface area (Å²) in [5.74, 6) is 0. The Labute approximate surface area is 107 Å². The zero-order chi connectivity index (χ0) is 12.1. The van der Waals surface area contributed by atoms with Crippen LogP contribution in [0.15, 0.2) is 4.47 Å². The van der Waals surface area contributed by atoms with Crippen molar-refractivity contribution >= 4 is 15.9 Å². The van der Waals surface area contributed by atoms with Gasteiger partial charge in [0.05, 0.1) is 15.9 Å². The molecule has 1 rings (SSSR count). The summed E-state index contributed by atoms with van der Waals surface area (Å²) in [6.07, 6.45) is 3.20. The molecule has 0 amide bonds. The zero-order valence-corrected chi connectivity index (χ0v) is 12.3. The third-order valence-corrected chi connectivity index (χ3v) is 3.79. The predicted octanol–water partition coefficient (Wildman–Crippen LogP) is 2.68. The van der Waals surface area contributed by atoms with Gasteiger partial charge in [-0.2, -0.15) is 5.10 Å². The molecule has 1 unspecified atom stereocenters. The lowest BCUT2D eigenvalue weighted by molar-refractivity contribution is 0.520. The smallest absolute Gasteiger partial charge is 0.0766 e. The first-order chi connectivity index (χ1) is 7.60. The molecule has 1 aromatic rings. The molecule has 0 aliphatic rings. The monoisotopic (exact) mass is 287 g/mol. The standard InChI is InChI=1S/C12H22BrN3/c1-5-10-12(13)11(16(4)15-10)8-7-9(3)14-6-2/h9,14H,5-8H2,1-4H3. The maximum Gasteiger partial charge on any atom is 0.0766 e. The summed E-state index contributed by atoms with van der Waals surface area (Å²) in [6.45, 7) is 7.55. The molecule has 1 N–H and O–H groups in total. The van der Waals surface area contributed by atoms with Gasteiger partial charge in [-0.3, -0.25) is 4.68 Å². The van der Waals surface area contributed by atoms with Crippen molar-refractivity contribution in [3.8, 4) is 0 Å². The largest absolute Gasteiger partial charge is 0.315 e. The van der Waals surface area contributed by atoms with E-state index in [0.717, 1.165) is 31.5 Å². The molecule has 0 spiro atoms. The lowest BCUT2D eigenvalue weighted by atomic mass is 10.1. The van der Waals surface area contributed by atoms with Crippen molar-refractivity contribution < 1.29 is 0 Å². The Morgan fingerprint density at radius 1 is 1.44 bits per heavy atom.